The van der Waals surface area contributed by atoms with Crippen molar-refractivity contribution >= 4 is 11.6 Å². The number of hydrogen-bond donors (Lipinski definition) is 1. The van der Waals surface area contributed by atoms with Crippen LogP contribution in [0.4, 0.5) is 0 Å². The van der Waals surface area contributed by atoms with E-state index in [0.717, 1.165) is 37.3 Å². The van der Waals surface area contributed by atoms with Crippen LogP contribution in [0.25, 0.3) is 5.65 Å². The Labute approximate surface area is 147 Å². The van der Waals surface area contributed by atoms with Gasteiger partial charge in [-0.05, 0) is 36.1 Å². The number of nitrogens with one attached hydrogen (secondary N) is 1. The predicted molar refractivity (Wildman–Crippen MR) is 97.4 cm³/mol. The Kier molecular flexibility index (Phi) is 4.24. The molecule has 1 aliphatic rings. The molecule has 5 nitrogen and oxygen atoms in total. The number of benzene rings is 1. The lowest BCUT2D eigenvalue weighted by Crippen LogP contribution is -2.28. The maximum Gasteiger partial charge on any atom is 0.271 e. The number of imidazole rings is 1. The maximum absolute atomic E-state index is 12.3. The van der Waals surface area contributed by atoms with Crippen molar-refractivity contribution in [2.45, 2.75) is 26.4 Å². The second kappa shape index (κ2) is 6.69. The Morgan fingerprint density at radius 2 is 1.88 bits per heavy atom. The van der Waals surface area contributed by atoms with Gasteiger partial charge >= 0.3 is 0 Å². The van der Waals surface area contributed by atoms with E-state index in [1.165, 1.54) is 11.1 Å². The van der Waals surface area contributed by atoms with Gasteiger partial charge in [0.2, 0.25) is 0 Å². The second-order valence-electron chi connectivity index (χ2n) is 6.69. The highest BCUT2D eigenvalue weighted by atomic mass is 16.1. The van der Waals surface area contributed by atoms with E-state index in [1.54, 1.807) is 6.20 Å². The lowest BCUT2D eigenvalue weighted by molar-refractivity contribution is 0.0947. The van der Waals surface area contributed by atoms with Gasteiger partial charge in [-0.2, -0.15) is 0 Å². The number of fused-ring (bicyclic) bond motifs is 2. The molecule has 0 unspecified atom stereocenters. The van der Waals surface area contributed by atoms with Gasteiger partial charge in [-0.3, -0.25) is 9.69 Å². The van der Waals surface area contributed by atoms with Crippen LogP contribution in [0.2, 0.25) is 0 Å². The molecule has 4 rings (SSSR count). The van der Waals surface area contributed by atoms with Gasteiger partial charge in [-0.25, -0.2) is 4.98 Å². The average Bonchev–Trinajstić information content (AvgIpc) is 3.21. The third kappa shape index (κ3) is 3.42. The van der Waals surface area contributed by atoms with Crippen LogP contribution >= 0.6 is 0 Å². The Morgan fingerprint density at radius 1 is 1.12 bits per heavy atom. The highest BCUT2D eigenvalue weighted by Crippen LogP contribution is 2.21. The first-order valence-electron chi connectivity index (χ1n) is 8.72. The Bertz CT molecular complexity index is 890. The summed E-state index contributed by atoms with van der Waals surface area (Å²) in [6.45, 7) is 5.69. The summed E-state index contributed by atoms with van der Waals surface area (Å²) in [5, 5.41) is 2.98. The average molecular weight is 334 g/mol. The van der Waals surface area contributed by atoms with E-state index in [1.807, 2.05) is 29.7 Å². The van der Waals surface area contributed by atoms with Gasteiger partial charge in [0.1, 0.15) is 11.3 Å². The lowest BCUT2D eigenvalue weighted by atomic mass is 10.1. The number of rotatable bonds is 5. The molecule has 2 aromatic heterocycles. The molecule has 0 saturated carbocycles. The monoisotopic (exact) mass is 334 g/mol. The standard InChI is InChI=1S/C20H22N4O/c1-15-7-8-19-22-18(14-24(19)11-15)20(25)21-9-4-10-23-12-16-5-2-3-6-17(16)13-23/h2-3,5-8,11,14H,4,9-10,12-13H2,1H3,(H,21,25). The minimum absolute atomic E-state index is 0.105. The number of aryl methyl sites for hydroxylation is 1. The fraction of sp³-hybridized carbons (Fsp3) is 0.300. The quantitative estimate of drug-likeness (QED) is 0.730. The Balaban J connectivity index is 1.26. The summed E-state index contributed by atoms with van der Waals surface area (Å²) in [6, 6.07) is 12.5. The molecule has 25 heavy (non-hydrogen) atoms. The molecule has 3 aromatic rings. The zero-order valence-electron chi connectivity index (χ0n) is 14.4. The van der Waals surface area contributed by atoms with E-state index in [-0.39, 0.29) is 5.91 Å². The fourth-order valence-corrected chi connectivity index (χ4v) is 3.37. The first-order valence-corrected chi connectivity index (χ1v) is 8.72. The molecule has 0 bridgehead atoms. The van der Waals surface area contributed by atoms with Gasteiger partial charge < -0.3 is 9.72 Å². The summed E-state index contributed by atoms with van der Waals surface area (Å²) in [4.78, 5) is 19.1. The lowest BCUT2D eigenvalue weighted by Gasteiger charge is -2.14. The number of pyridine rings is 1. The van der Waals surface area contributed by atoms with Crippen LogP contribution in [0.1, 0.15) is 33.6 Å². The van der Waals surface area contributed by atoms with Gasteiger partial charge in [0.25, 0.3) is 5.91 Å². The number of aromatic nitrogens is 2. The Morgan fingerprint density at radius 3 is 2.64 bits per heavy atom. The highest BCUT2D eigenvalue weighted by molar-refractivity contribution is 5.92. The van der Waals surface area contributed by atoms with Crippen LogP contribution in [0.5, 0.6) is 0 Å². The van der Waals surface area contributed by atoms with Gasteiger partial charge in [0.05, 0.1) is 0 Å². The predicted octanol–water partition coefficient (Wildman–Crippen LogP) is 2.78. The summed E-state index contributed by atoms with van der Waals surface area (Å²) >= 11 is 0. The first kappa shape index (κ1) is 15.8. The summed E-state index contributed by atoms with van der Waals surface area (Å²) in [6.07, 6.45) is 4.70. The minimum atomic E-state index is -0.105. The first-order chi connectivity index (χ1) is 12.2. The molecule has 5 heteroatoms. The SMILES string of the molecule is Cc1ccc2nc(C(=O)NCCCN3Cc4ccccc4C3)cn2c1. The van der Waals surface area contributed by atoms with Crippen molar-refractivity contribution in [3.05, 3.63) is 71.2 Å². The van der Waals surface area contributed by atoms with Gasteiger partial charge in [0, 0.05) is 38.6 Å². The third-order valence-corrected chi connectivity index (χ3v) is 4.67. The van der Waals surface area contributed by atoms with Crippen LogP contribution in [0, 0.1) is 6.92 Å². The molecule has 0 saturated heterocycles. The Hall–Kier alpha value is -2.66. The molecular weight excluding hydrogens is 312 g/mol. The van der Waals surface area contributed by atoms with E-state index in [0.29, 0.717) is 12.2 Å². The van der Waals surface area contributed by atoms with Gasteiger partial charge in [0.15, 0.2) is 0 Å². The molecule has 1 aromatic carbocycles. The molecule has 1 aliphatic heterocycles. The van der Waals surface area contributed by atoms with Gasteiger partial charge in [-0.1, -0.05) is 30.3 Å². The van der Waals surface area contributed by atoms with E-state index in [2.05, 4.69) is 39.5 Å². The van der Waals surface area contributed by atoms with E-state index in [9.17, 15) is 4.79 Å². The number of nitrogens with zero attached hydrogens (tertiary/aromatic N) is 3. The van der Waals surface area contributed by atoms with E-state index < -0.39 is 0 Å². The second-order valence-corrected chi connectivity index (χ2v) is 6.69. The fourth-order valence-electron chi connectivity index (χ4n) is 3.37. The molecular formula is C20H22N4O. The molecule has 0 atom stereocenters. The zero-order chi connectivity index (χ0) is 17.2. The molecule has 1 amide bonds. The van der Waals surface area contributed by atoms with Crippen molar-refractivity contribution in [1.82, 2.24) is 19.6 Å². The van der Waals surface area contributed by atoms with Crippen molar-refractivity contribution in [2.24, 2.45) is 0 Å². The molecule has 128 valence electrons. The summed E-state index contributed by atoms with van der Waals surface area (Å²) < 4.78 is 1.89. The number of amides is 1. The largest absolute Gasteiger partial charge is 0.351 e. The zero-order valence-corrected chi connectivity index (χ0v) is 14.4. The topological polar surface area (TPSA) is 49.6 Å². The van der Waals surface area contributed by atoms with Crippen molar-refractivity contribution in [1.29, 1.82) is 0 Å². The van der Waals surface area contributed by atoms with Crippen LogP contribution in [-0.2, 0) is 13.1 Å². The number of hydrogen-bond acceptors (Lipinski definition) is 3. The van der Waals surface area contributed by atoms with Gasteiger partial charge in [-0.15, -0.1) is 0 Å². The highest BCUT2D eigenvalue weighted by Gasteiger charge is 2.17. The summed E-state index contributed by atoms with van der Waals surface area (Å²) in [5.74, 6) is -0.105. The van der Waals surface area contributed by atoms with Crippen molar-refractivity contribution < 1.29 is 4.79 Å². The minimum Gasteiger partial charge on any atom is -0.351 e. The molecule has 0 fully saturated rings. The van der Waals surface area contributed by atoms with Crippen LogP contribution < -0.4 is 5.32 Å². The van der Waals surface area contributed by atoms with E-state index in [4.69, 9.17) is 0 Å². The smallest absolute Gasteiger partial charge is 0.271 e. The number of carbonyl (C=O) groups is 1. The molecule has 3 heterocycles. The van der Waals surface area contributed by atoms with Crippen LogP contribution in [-0.4, -0.2) is 33.3 Å². The van der Waals surface area contributed by atoms with Crippen molar-refractivity contribution in [3.8, 4) is 0 Å². The third-order valence-electron chi connectivity index (χ3n) is 4.67. The van der Waals surface area contributed by atoms with E-state index >= 15 is 0 Å². The van der Waals surface area contributed by atoms with Crippen LogP contribution in [0.15, 0.2) is 48.8 Å². The molecule has 0 radical (unpaired) electrons. The van der Waals surface area contributed by atoms with Crippen LogP contribution in [0.3, 0.4) is 0 Å². The molecule has 0 spiro atoms. The summed E-state index contributed by atoms with van der Waals surface area (Å²) in [7, 11) is 0. The van der Waals surface area contributed by atoms with Crippen molar-refractivity contribution in [3.63, 3.8) is 0 Å². The summed E-state index contributed by atoms with van der Waals surface area (Å²) in [5.41, 5.74) is 5.26. The normalized spacial score (nSPS) is 14.0. The maximum atomic E-state index is 12.3. The van der Waals surface area contributed by atoms with Crippen molar-refractivity contribution in [2.75, 3.05) is 13.1 Å². The molecule has 1 N–H and O–H groups in total. The number of carbonyl (C=O) groups excluding carboxylic acids is 1. The molecule has 0 aliphatic carbocycles.